The maximum Gasteiger partial charge on any atom is 0.151 e. The number of ketones is 2. The van der Waals surface area contributed by atoms with Crippen LogP contribution in [0.15, 0.2) is 0 Å². The van der Waals surface area contributed by atoms with Crippen molar-refractivity contribution in [2.45, 2.75) is 74.4 Å². The van der Waals surface area contributed by atoms with E-state index in [0.29, 0.717) is 34.8 Å². The first-order valence-electron chi connectivity index (χ1n) is 10.1. The summed E-state index contributed by atoms with van der Waals surface area (Å²) in [5.74, 6) is 2.87. The van der Waals surface area contributed by atoms with E-state index in [4.69, 9.17) is 11.6 Å². The highest BCUT2D eigenvalue weighted by atomic mass is 79.9. The second-order valence-corrected chi connectivity index (χ2v) is 12.6. The molecule has 0 aromatic rings. The van der Waals surface area contributed by atoms with E-state index < -0.39 is 0 Å². The van der Waals surface area contributed by atoms with Gasteiger partial charge in [0.05, 0.1) is 10.2 Å². The molecule has 4 rings (SSSR count). The lowest BCUT2D eigenvalue weighted by atomic mass is 9.44. The van der Waals surface area contributed by atoms with Crippen LogP contribution in [-0.2, 0) is 9.59 Å². The Morgan fingerprint density at radius 3 is 2.62 bits per heavy atom. The lowest BCUT2D eigenvalue weighted by Crippen LogP contribution is -2.64. The molecule has 5 heteroatoms. The van der Waals surface area contributed by atoms with Crippen LogP contribution in [0.25, 0.3) is 0 Å². The lowest BCUT2D eigenvalue weighted by molar-refractivity contribution is -0.137. The van der Waals surface area contributed by atoms with Gasteiger partial charge in [0.25, 0.3) is 0 Å². The highest BCUT2D eigenvalue weighted by Gasteiger charge is 2.67. The van der Waals surface area contributed by atoms with Crippen LogP contribution >= 0.6 is 43.5 Å². The van der Waals surface area contributed by atoms with Crippen LogP contribution in [0.1, 0.15) is 65.2 Å². The van der Waals surface area contributed by atoms with E-state index in [1.165, 1.54) is 6.42 Å². The largest absolute Gasteiger partial charge is 0.300 e. The van der Waals surface area contributed by atoms with Crippen LogP contribution in [0.4, 0.5) is 0 Å². The van der Waals surface area contributed by atoms with Crippen LogP contribution in [-0.4, -0.2) is 26.6 Å². The predicted octanol–water partition coefficient (Wildman–Crippen LogP) is 5.91. The first-order chi connectivity index (χ1) is 12.2. The van der Waals surface area contributed by atoms with Crippen molar-refractivity contribution in [3.8, 4) is 0 Å². The average Bonchev–Trinajstić information content (AvgIpc) is 2.94. The zero-order chi connectivity index (χ0) is 18.9. The van der Waals surface area contributed by atoms with E-state index in [-0.39, 0.29) is 32.7 Å². The highest BCUT2D eigenvalue weighted by molar-refractivity contribution is 9.12. The smallest absolute Gasteiger partial charge is 0.151 e. The highest BCUT2D eigenvalue weighted by Crippen LogP contribution is 2.70. The van der Waals surface area contributed by atoms with Crippen LogP contribution in [0.3, 0.4) is 0 Å². The van der Waals surface area contributed by atoms with Crippen LogP contribution in [0.5, 0.6) is 0 Å². The van der Waals surface area contributed by atoms with E-state index in [1.807, 2.05) is 0 Å². The van der Waals surface area contributed by atoms with Gasteiger partial charge in [-0.1, -0.05) is 45.7 Å². The summed E-state index contributed by atoms with van der Waals surface area (Å²) >= 11 is 14.0. The van der Waals surface area contributed by atoms with E-state index in [0.717, 1.165) is 38.5 Å². The van der Waals surface area contributed by atoms with Crippen LogP contribution in [0.2, 0.25) is 0 Å². The molecule has 0 bridgehead atoms. The van der Waals surface area contributed by atoms with E-state index in [1.54, 1.807) is 0 Å². The van der Waals surface area contributed by atoms with Gasteiger partial charge in [0.15, 0.2) is 5.78 Å². The Bertz CT molecular complexity index is 640. The van der Waals surface area contributed by atoms with Crippen LogP contribution in [0, 0.1) is 34.5 Å². The molecule has 0 radical (unpaired) electrons. The maximum absolute atomic E-state index is 12.5. The van der Waals surface area contributed by atoms with Crippen molar-refractivity contribution in [2.75, 3.05) is 5.88 Å². The zero-order valence-electron chi connectivity index (χ0n) is 15.7. The van der Waals surface area contributed by atoms with Gasteiger partial charge < -0.3 is 0 Å². The fourth-order valence-corrected chi connectivity index (χ4v) is 9.90. The van der Waals surface area contributed by atoms with Gasteiger partial charge in [0.2, 0.25) is 0 Å². The van der Waals surface area contributed by atoms with Gasteiger partial charge >= 0.3 is 0 Å². The van der Waals surface area contributed by atoms with Crippen molar-refractivity contribution in [2.24, 2.45) is 34.5 Å². The normalized spacial score (nSPS) is 53.6. The molecule has 146 valence electrons. The summed E-state index contributed by atoms with van der Waals surface area (Å²) in [6, 6.07) is 0. The summed E-state index contributed by atoms with van der Waals surface area (Å²) < 4.78 is -0.117. The fraction of sp³-hybridized carbons (Fsp3) is 0.905. The second kappa shape index (κ2) is 6.55. The minimum Gasteiger partial charge on any atom is -0.300 e. The van der Waals surface area contributed by atoms with E-state index >= 15 is 0 Å². The minimum atomic E-state index is -0.117. The summed E-state index contributed by atoms with van der Waals surface area (Å²) in [6.45, 7) is 4.79. The number of hydrogen-bond donors (Lipinski definition) is 0. The fourth-order valence-electron chi connectivity index (χ4n) is 7.60. The zero-order valence-corrected chi connectivity index (χ0v) is 19.6. The van der Waals surface area contributed by atoms with Gasteiger partial charge in [-0.15, -0.1) is 11.6 Å². The van der Waals surface area contributed by atoms with Crippen molar-refractivity contribution < 1.29 is 9.59 Å². The summed E-state index contributed by atoms with van der Waals surface area (Å²) in [5.41, 5.74) is 0.265. The van der Waals surface area contributed by atoms with Gasteiger partial charge in [0.1, 0.15) is 5.78 Å². The third kappa shape index (κ3) is 2.53. The molecule has 0 saturated heterocycles. The van der Waals surface area contributed by atoms with Crippen LogP contribution < -0.4 is 0 Å². The number of carbonyl (C=O) groups excluding carboxylic acids is 2. The molecule has 4 aliphatic carbocycles. The van der Waals surface area contributed by atoms with E-state index in [2.05, 4.69) is 45.7 Å². The molecule has 0 aliphatic heterocycles. The molecule has 26 heavy (non-hydrogen) atoms. The molecule has 4 aliphatic rings. The molecule has 0 aromatic heterocycles. The van der Waals surface area contributed by atoms with Crippen molar-refractivity contribution in [3.05, 3.63) is 0 Å². The monoisotopic (exact) mass is 506 g/mol. The third-order valence-electron chi connectivity index (χ3n) is 9.08. The standard InChI is InChI=1S/C21H29Br2ClO2/c1-19-7-6-15-13(14(19)3-4-16(19)17(26)11-24)9-18(22)21(23)10-12(25)5-8-20(15,21)2/h13-16,18H,3-11H2,1-2H3/t13-,14-,15-,16+,18?,19-,20+,21?/m0/s1. The summed E-state index contributed by atoms with van der Waals surface area (Å²) in [7, 11) is 0. The lowest BCUT2D eigenvalue weighted by Gasteiger charge is -2.64. The average molecular weight is 509 g/mol. The first-order valence-corrected chi connectivity index (χ1v) is 12.3. The molecule has 0 N–H and O–H groups in total. The number of Topliss-reactive ketones (excluding diaryl/α,β-unsaturated/α-hetero) is 2. The van der Waals surface area contributed by atoms with Gasteiger partial charge in [-0.05, 0) is 67.1 Å². The summed E-state index contributed by atoms with van der Waals surface area (Å²) in [6.07, 6.45) is 7.97. The Labute approximate surface area is 178 Å². The number of halogens is 3. The summed E-state index contributed by atoms with van der Waals surface area (Å²) in [4.78, 5) is 25.1. The molecule has 0 aromatic carbocycles. The predicted molar refractivity (Wildman–Crippen MR) is 112 cm³/mol. The van der Waals surface area contributed by atoms with Crippen molar-refractivity contribution >= 4 is 55.0 Å². The molecule has 0 amide bonds. The molecule has 2 unspecified atom stereocenters. The number of hydrogen-bond acceptors (Lipinski definition) is 2. The van der Waals surface area contributed by atoms with Gasteiger partial charge in [-0.3, -0.25) is 9.59 Å². The van der Waals surface area contributed by atoms with Crippen molar-refractivity contribution in [3.63, 3.8) is 0 Å². The molecular formula is C21H29Br2ClO2. The second-order valence-electron chi connectivity index (χ2n) is 9.85. The number of rotatable bonds is 2. The van der Waals surface area contributed by atoms with Crippen molar-refractivity contribution in [1.29, 1.82) is 0 Å². The number of alkyl halides is 3. The Morgan fingerprint density at radius 2 is 1.92 bits per heavy atom. The topological polar surface area (TPSA) is 34.1 Å². The molecular weight excluding hydrogens is 479 g/mol. The Balaban J connectivity index is 1.68. The van der Waals surface area contributed by atoms with Gasteiger partial charge in [-0.25, -0.2) is 0 Å². The molecule has 0 heterocycles. The minimum absolute atomic E-state index is 0.117. The SMILES string of the molecule is C[C@]12CC[C@H]3[C@@H](CC(Br)C4(Br)CC(=O)CC[C@]34C)[C@@H]1CC[C@@H]2C(=O)CCl. The first kappa shape index (κ1) is 19.9. The Hall–Kier alpha value is 0.590. The quantitative estimate of drug-likeness (QED) is 0.435. The molecule has 4 saturated carbocycles. The van der Waals surface area contributed by atoms with Gasteiger partial charge in [0, 0.05) is 23.6 Å². The molecule has 8 atom stereocenters. The molecule has 2 nitrogen and oxygen atoms in total. The van der Waals surface area contributed by atoms with E-state index in [9.17, 15) is 9.59 Å². The Kier molecular flexibility index (Phi) is 5.01. The molecule has 4 fully saturated rings. The summed E-state index contributed by atoms with van der Waals surface area (Å²) in [5, 5.41) is 0. The van der Waals surface area contributed by atoms with Gasteiger partial charge in [-0.2, -0.15) is 0 Å². The number of fused-ring (bicyclic) bond motifs is 5. The molecule has 0 spiro atoms. The van der Waals surface area contributed by atoms with Crippen molar-refractivity contribution in [1.82, 2.24) is 0 Å². The number of carbonyl (C=O) groups is 2. The maximum atomic E-state index is 12.5. The Morgan fingerprint density at radius 1 is 1.19 bits per heavy atom. The third-order valence-corrected chi connectivity index (χ3v) is 12.9.